The number of hydrogen-bond acceptors (Lipinski definition) is 3. The van der Waals surface area contributed by atoms with Crippen LogP contribution in [0.4, 0.5) is 0 Å². The predicted molar refractivity (Wildman–Crippen MR) is 82.0 cm³/mol. The van der Waals surface area contributed by atoms with E-state index in [4.69, 9.17) is 4.52 Å². The van der Waals surface area contributed by atoms with Crippen molar-refractivity contribution in [1.29, 1.82) is 0 Å². The SMILES string of the molecule is CN=C(NCC1CC1C)N(C)Cc1ccon1.I. The quantitative estimate of drug-likeness (QED) is 0.504. The molecule has 1 saturated carbocycles. The van der Waals surface area contributed by atoms with Crippen LogP contribution in [0, 0.1) is 11.8 Å². The van der Waals surface area contributed by atoms with Gasteiger partial charge in [0.25, 0.3) is 0 Å². The molecule has 2 rings (SSSR count). The molecule has 2 unspecified atom stereocenters. The molecule has 0 aromatic carbocycles. The molecule has 0 radical (unpaired) electrons. The maximum atomic E-state index is 4.81. The van der Waals surface area contributed by atoms with Crippen molar-refractivity contribution in [3.05, 3.63) is 18.0 Å². The second-order valence-electron chi connectivity index (χ2n) is 4.75. The smallest absolute Gasteiger partial charge is 0.193 e. The van der Waals surface area contributed by atoms with Gasteiger partial charge in [-0.05, 0) is 18.3 Å². The van der Waals surface area contributed by atoms with E-state index in [9.17, 15) is 0 Å². The van der Waals surface area contributed by atoms with E-state index in [0.29, 0.717) is 6.54 Å². The largest absolute Gasteiger partial charge is 0.364 e. The summed E-state index contributed by atoms with van der Waals surface area (Å²) in [5, 5.41) is 7.28. The van der Waals surface area contributed by atoms with Crippen molar-refractivity contribution in [1.82, 2.24) is 15.4 Å². The Hall–Kier alpha value is -0.790. The Balaban J connectivity index is 0.00000162. The summed E-state index contributed by atoms with van der Waals surface area (Å²) in [6.07, 6.45) is 2.92. The average Bonchev–Trinajstić information content (AvgIpc) is 2.79. The highest BCUT2D eigenvalue weighted by molar-refractivity contribution is 14.0. The zero-order chi connectivity index (χ0) is 12.3. The molecule has 1 aliphatic carbocycles. The van der Waals surface area contributed by atoms with Crippen molar-refractivity contribution >= 4 is 29.9 Å². The van der Waals surface area contributed by atoms with Gasteiger partial charge in [-0.3, -0.25) is 4.99 Å². The van der Waals surface area contributed by atoms with Crippen LogP contribution in [0.15, 0.2) is 21.8 Å². The standard InChI is InChI=1S/C12H20N4O.HI/c1-9-6-10(9)7-14-12(13-2)16(3)8-11-4-5-17-15-11;/h4-5,9-10H,6-8H2,1-3H3,(H,13,14);1H. The molecule has 0 amide bonds. The lowest BCUT2D eigenvalue weighted by molar-refractivity contribution is 0.391. The minimum absolute atomic E-state index is 0. The molecule has 18 heavy (non-hydrogen) atoms. The van der Waals surface area contributed by atoms with Gasteiger partial charge in [0.2, 0.25) is 0 Å². The number of aliphatic imine (C=N–C) groups is 1. The number of nitrogens with zero attached hydrogens (tertiary/aromatic N) is 3. The lowest BCUT2D eigenvalue weighted by atomic mass is 10.3. The van der Waals surface area contributed by atoms with Crippen LogP contribution in [0.5, 0.6) is 0 Å². The van der Waals surface area contributed by atoms with Crippen molar-refractivity contribution in [2.75, 3.05) is 20.6 Å². The number of guanidine groups is 1. The van der Waals surface area contributed by atoms with Gasteiger partial charge in [-0.1, -0.05) is 12.1 Å². The molecule has 1 aromatic rings. The minimum atomic E-state index is 0. The van der Waals surface area contributed by atoms with E-state index in [1.165, 1.54) is 6.42 Å². The summed E-state index contributed by atoms with van der Waals surface area (Å²) in [5.41, 5.74) is 0.912. The van der Waals surface area contributed by atoms with Crippen LogP contribution < -0.4 is 5.32 Å². The van der Waals surface area contributed by atoms with Crippen LogP contribution in [-0.4, -0.2) is 36.7 Å². The lowest BCUT2D eigenvalue weighted by Gasteiger charge is -2.20. The molecule has 1 aromatic heterocycles. The van der Waals surface area contributed by atoms with Crippen molar-refractivity contribution in [3.8, 4) is 0 Å². The van der Waals surface area contributed by atoms with Crippen LogP contribution in [0.1, 0.15) is 19.0 Å². The number of rotatable bonds is 4. The zero-order valence-corrected chi connectivity index (χ0v) is 13.4. The molecule has 0 saturated heterocycles. The third kappa shape index (κ3) is 4.15. The minimum Gasteiger partial charge on any atom is -0.364 e. The highest BCUT2D eigenvalue weighted by Crippen LogP contribution is 2.36. The molecule has 1 fully saturated rings. The first-order chi connectivity index (χ1) is 8.20. The fourth-order valence-electron chi connectivity index (χ4n) is 1.93. The Morgan fingerprint density at radius 1 is 1.67 bits per heavy atom. The number of hydrogen-bond donors (Lipinski definition) is 1. The lowest BCUT2D eigenvalue weighted by Crippen LogP contribution is -2.39. The van der Waals surface area contributed by atoms with Gasteiger partial charge in [0.05, 0.1) is 6.54 Å². The molecule has 1 heterocycles. The molecule has 5 nitrogen and oxygen atoms in total. The van der Waals surface area contributed by atoms with Gasteiger partial charge < -0.3 is 14.7 Å². The van der Waals surface area contributed by atoms with E-state index in [-0.39, 0.29) is 24.0 Å². The van der Waals surface area contributed by atoms with Crippen molar-refractivity contribution in [3.63, 3.8) is 0 Å². The summed E-state index contributed by atoms with van der Waals surface area (Å²) < 4.78 is 4.81. The molecule has 1 aliphatic rings. The maximum absolute atomic E-state index is 4.81. The molecular formula is C12H21IN4O. The van der Waals surface area contributed by atoms with Crippen LogP contribution in [0.3, 0.4) is 0 Å². The molecule has 1 N–H and O–H groups in total. The van der Waals surface area contributed by atoms with Crippen LogP contribution in [0.2, 0.25) is 0 Å². The monoisotopic (exact) mass is 364 g/mol. The summed E-state index contributed by atoms with van der Waals surface area (Å²) >= 11 is 0. The first-order valence-corrected chi connectivity index (χ1v) is 6.01. The average molecular weight is 364 g/mol. The second-order valence-corrected chi connectivity index (χ2v) is 4.75. The summed E-state index contributed by atoms with van der Waals surface area (Å²) in [6.45, 7) is 4.00. The van der Waals surface area contributed by atoms with E-state index >= 15 is 0 Å². The van der Waals surface area contributed by atoms with Gasteiger partial charge in [0, 0.05) is 26.7 Å². The molecule has 0 aliphatic heterocycles. The van der Waals surface area contributed by atoms with E-state index < -0.39 is 0 Å². The molecular weight excluding hydrogens is 343 g/mol. The van der Waals surface area contributed by atoms with Gasteiger partial charge in [-0.25, -0.2) is 0 Å². The van der Waals surface area contributed by atoms with E-state index in [2.05, 4.69) is 22.4 Å². The number of aromatic nitrogens is 1. The Kier molecular flexibility index (Phi) is 5.90. The Labute approximate surface area is 125 Å². The highest BCUT2D eigenvalue weighted by Gasteiger charge is 2.32. The normalized spacial score (nSPS) is 22.3. The maximum Gasteiger partial charge on any atom is 0.193 e. The van der Waals surface area contributed by atoms with Gasteiger partial charge in [0.1, 0.15) is 12.0 Å². The molecule has 6 heteroatoms. The van der Waals surface area contributed by atoms with Crippen molar-refractivity contribution in [2.45, 2.75) is 19.9 Å². The topological polar surface area (TPSA) is 53.7 Å². The molecule has 2 atom stereocenters. The number of halogens is 1. The molecule has 0 bridgehead atoms. The van der Waals surface area contributed by atoms with Crippen LogP contribution >= 0.6 is 24.0 Å². The van der Waals surface area contributed by atoms with E-state index in [0.717, 1.165) is 30.0 Å². The van der Waals surface area contributed by atoms with Gasteiger partial charge in [-0.15, -0.1) is 24.0 Å². The first kappa shape index (κ1) is 15.3. The first-order valence-electron chi connectivity index (χ1n) is 6.01. The third-order valence-corrected chi connectivity index (χ3v) is 3.26. The van der Waals surface area contributed by atoms with Crippen molar-refractivity contribution < 1.29 is 4.52 Å². The fraction of sp³-hybridized carbons (Fsp3) is 0.667. The van der Waals surface area contributed by atoms with Crippen molar-refractivity contribution in [2.24, 2.45) is 16.8 Å². The third-order valence-electron chi connectivity index (χ3n) is 3.26. The summed E-state index contributed by atoms with van der Waals surface area (Å²) in [5.74, 6) is 2.58. The summed E-state index contributed by atoms with van der Waals surface area (Å²) in [6, 6.07) is 1.87. The van der Waals surface area contributed by atoms with Gasteiger partial charge in [0.15, 0.2) is 5.96 Å². The summed E-state index contributed by atoms with van der Waals surface area (Å²) in [4.78, 5) is 6.31. The molecule has 0 spiro atoms. The Morgan fingerprint density at radius 2 is 2.39 bits per heavy atom. The van der Waals surface area contributed by atoms with Crippen LogP contribution in [0.25, 0.3) is 0 Å². The Morgan fingerprint density at radius 3 is 2.89 bits per heavy atom. The predicted octanol–water partition coefficient (Wildman–Crippen LogP) is 1.96. The van der Waals surface area contributed by atoms with Gasteiger partial charge >= 0.3 is 0 Å². The van der Waals surface area contributed by atoms with Gasteiger partial charge in [-0.2, -0.15) is 0 Å². The molecule has 102 valence electrons. The zero-order valence-electron chi connectivity index (χ0n) is 11.1. The van der Waals surface area contributed by atoms with Crippen LogP contribution in [-0.2, 0) is 6.54 Å². The highest BCUT2D eigenvalue weighted by atomic mass is 127. The Bertz CT molecular complexity index is 379. The number of nitrogens with one attached hydrogen (secondary N) is 1. The fourth-order valence-corrected chi connectivity index (χ4v) is 1.93. The van der Waals surface area contributed by atoms with E-state index in [1.54, 1.807) is 13.3 Å². The van der Waals surface area contributed by atoms with E-state index in [1.807, 2.05) is 18.0 Å². The second kappa shape index (κ2) is 6.96. The summed E-state index contributed by atoms with van der Waals surface area (Å²) in [7, 11) is 3.80.